The summed E-state index contributed by atoms with van der Waals surface area (Å²) < 4.78 is 0. The smallest absolute Gasteiger partial charge is 0.239 e. The number of benzene rings is 1. The molecule has 104 valence electrons. The van der Waals surface area contributed by atoms with Gasteiger partial charge in [-0.2, -0.15) is 11.8 Å². The molecule has 0 bridgehead atoms. The van der Waals surface area contributed by atoms with E-state index in [1.165, 1.54) is 5.56 Å². The first-order valence-electron chi connectivity index (χ1n) is 6.86. The fraction of sp³-hybridized carbons (Fsp3) is 0.533. The first kappa shape index (κ1) is 14.4. The Labute approximate surface area is 119 Å². The van der Waals surface area contributed by atoms with Crippen LogP contribution in [-0.4, -0.2) is 40.9 Å². The number of hydrogen-bond acceptors (Lipinski definition) is 3. The molecular weight excluding hydrogens is 256 g/mol. The third-order valence-electron chi connectivity index (χ3n) is 3.46. The molecule has 1 saturated heterocycles. The van der Waals surface area contributed by atoms with Crippen molar-refractivity contribution in [2.45, 2.75) is 31.1 Å². The summed E-state index contributed by atoms with van der Waals surface area (Å²) in [5, 5.41) is 0.527. The van der Waals surface area contributed by atoms with Crippen molar-refractivity contribution in [1.29, 1.82) is 0 Å². The third kappa shape index (κ3) is 4.25. The molecule has 1 amide bonds. The van der Waals surface area contributed by atoms with E-state index in [-0.39, 0.29) is 11.9 Å². The normalized spacial score (nSPS) is 21.2. The predicted molar refractivity (Wildman–Crippen MR) is 81.2 cm³/mol. The van der Waals surface area contributed by atoms with E-state index in [1.54, 1.807) is 0 Å². The Kier molecular flexibility index (Phi) is 5.28. The summed E-state index contributed by atoms with van der Waals surface area (Å²) in [5.74, 6) is 1.14. The van der Waals surface area contributed by atoms with Gasteiger partial charge in [-0.05, 0) is 18.4 Å². The van der Waals surface area contributed by atoms with Crippen LogP contribution in [0.2, 0.25) is 0 Å². The summed E-state index contributed by atoms with van der Waals surface area (Å²) in [6, 6.07) is 9.84. The zero-order chi connectivity index (χ0) is 13.7. The lowest BCUT2D eigenvalue weighted by atomic mass is 10.0. The number of rotatable bonds is 4. The highest BCUT2D eigenvalue weighted by Crippen LogP contribution is 2.18. The Morgan fingerprint density at radius 3 is 2.89 bits per heavy atom. The molecule has 0 saturated carbocycles. The van der Waals surface area contributed by atoms with Crippen LogP contribution >= 0.6 is 11.8 Å². The minimum absolute atomic E-state index is 0.114. The highest BCUT2D eigenvalue weighted by Gasteiger charge is 2.25. The van der Waals surface area contributed by atoms with Crippen LogP contribution in [0, 0.1) is 0 Å². The van der Waals surface area contributed by atoms with Crippen LogP contribution in [0.15, 0.2) is 30.3 Å². The Bertz CT molecular complexity index is 410. The van der Waals surface area contributed by atoms with E-state index in [1.807, 2.05) is 34.9 Å². The van der Waals surface area contributed by atoms with Gasteiger partial charge in [0.15, 0.2) is 0 Å². The van der Waals surface area contributed by atoms with Gasteiger partial charge in [0.25, 0.3) is 0 Å². The fourth-order valence-corrected chi connectivity index (χ4v) is 3.36. The van der Waals surface area contributed by atoms with Gasteiger partial charge in [-0.25, -0.2) is 0 Å². The Morgan fingerprint density at radius 2 is 2.21 bits per heavy atom. The molecule has 1 aromatic rings. The lowest BCUT2D eigenvalue weighted by Crippen LogP contribution is -2.48. The van der Waals surface area contributed by atoms with E-state index in [0.29, 0.717) is 5.25 Å². The van der Waals surface area contributed by atoms with Gasteiger partial charge in [-0.15, -0.1) is 0 Å². The molecule has 0 aromatic heterocycles. The van der Waals surface area contributed by atoms with Crippen LogP contribution in [0.4, 0.5) is 0 Å². The van der Waals surface area contributed by atoms with Crippen LogP contribution in [0.5, 0.6) is 0 Å². The zero-order valence-electron chi connectivity index (χ0n) is 11.4. The molecule has 0 radical (unpaired) electrons. The van der Waals surface area contributed by atoms with Gasteiger partial charge in [-0.3, -0.25) is 4.79 Å². The number of carbonyl (C=O) groups excluding carboxylic acids is 1. The lowest BCUT2D eigenvalue weighted by molar-refractivity contribution is -0.132. The molecular formula is C15H22N2OS. The van der Waals surface area contributed by atoms with Gasteiger partial charge < -0.3 is 10.6 Å². The van der Waals surface area contributed by atoms with Crippen molar-refractivity contribution in [3.05, 3.63) is 35.9 Å². The van der Waals surface area contributed by atoms with Crippen LogP contribution in [-0.2, 0) is 11.2 Å². The van der Waals surface area contributed by atoms with Crippen LogP contribution < -0.4 is 5.73 Å². The molecule has 1 aromatic carbocycles. The molecule has 19 heavy (non-hydrogen) atoms. The molecule has 1 heterocycles. The molecule has 2 rings (SSSR count). The summed E-state index contributed by atoms with van der Waals surface area (Å²) >= 11 is 1.93. The molecule has 1 fully saturated rings. The number of aryl methyl sites for hydroxylation is 1. The molecule has 2 atom stereocenters. The van der Waals surface area contributed by atoms with Gasteiger partial charge in [-0.1, -0.05) is 37.3 Å². The molecule has 2 unspecified atom stereocenters. The molecule has 4 heteroatoms. The van der Waals surface area contributed by atoms with Crippen molar-refractivity contribution in [1.82, 2.24) is 4.90 Å². The van der Waals surface area contributed by atoms with E-state index in [4.69, 9.17) is 5.73 Å². The average molecular weight is 278 g/mol. The summed E-state index contributed by atoms with van der Waals surface area (Å²) in [7, 11) is 0. The van der Waals surface area contributed by atoms with Crippen LogP contribution in [0.3, 0.4) is 0 Å². The highest BCUT2D eigenvalue weighted by atomic mass is 32.2. The summed E-state index contributed by atoms with van der Waals surface area (Å²) in [5.41, 5.74) is 7.29. The van der Waals surface area contributed by atoms with Gasteiger partial charge in [0.1, 0.15) is 0 Å². The van der Waals surface area contributed by atoms with Gasteiger partial charge in [0.05, 0.1) is 6.04 Å². The largest absolute Gasteiger partial charge is 0.339 e. The molecule has 3 nitrogen and oxygen atoms in total. The monoisotopic (exact) mass is 278 g/mol. The number of nitrogens with zero attached hydrogens (tertiary/aromatic N) is 1. The van der Waals surface area contributed by atoms with Gasteiger partial charge in [0, 0.05) is 24.1 Å². The maximum Gasteiger partial charge on any atom is 0.239 e. The topological polar surface area (TPSA) is 46.3 Å². The van der Waals surface area contributed by atoms with Gasteiger partial charge >= 0.3 is 0 Å². The number of nitrogens with two attached hydrogens (primary N) is 1. The number of thioether (sulfide) groups is 1. The quantitative estimate of drug-likeness (QED) is 0.915. The second kappa shape index (κ2) is 6.96. The first-order valence-corrected chi connectivity index (χ1v) is 7.91. The fourth-order valence-electron chi connectivity index (χ4n) is 2.34. The third-order valence-corrected chi connectivity index (χ3v) is 4.59. The van der Waals surface area contributed by atoms with Crippen LogP contribution in [0.25, 0.3) is 0 Å². The number of hydrogen-bond donors (Lipinski definition) is 1. The van der Waals surface area contributed by atoms with E-state index in [9.17, 15) is 4.79 Å². The minimum atomic E-state index is -0.365. The van der Waals surface area contributed by atoms with Gasteiger partial charge in [0.2, 0.25) is 5.91 Å². The SMILES string of the molecule is CC1CN(C(=O)C(N)CCc2ccccc2)CCS1. The summed E-state index contributed by atoms with van der Waals surface area (Å²) in [6.45, 7) is 3.84. The van der Waals surface area contributed by atoms with Crippen molar-refractivity contribution in [2.75, 3.05) is 18.8 Å². The predicted octanol–water partition coefficient (Wildman–Crippen LogP) is 1.91. The van der Waals surface area contributed by atoms with E-state index < -0.39 is 0 Å². The lowest BCUT2D eigenvalue weighted by Gasteiger charge is -2.32. The van der Waals surface area contributed by atoms with Crippen molar-refractivity contribution < 1.29 is 4.79 Å². The van der Waals surface area contributed by atoms with Crippen molar-refractivity contribution in [3.8, 4) is 0 Å². The summed E-state index contributed by atoms with van der Waals surface area (Å²) in [4.78, 5) is 14.2. The molecule has 2 N–H and O–H groups in total. The second-order valence-electron chi connectivity index (χ2n) is 5.10. The van der Waals surface area contributed by atoms with E-state index in [0.717, 1.165) is 31.7 Å². The van der Waals surface area contributed by atoms with Crippen LogP contribution in [0.1, 0.15) is 18.9 Å². The molecule has 1 aliphatic rings. The Hall–Kier alpha value is -1.00. The maximum atomic E-state index is 12.3. The average Bonchev–Trinajstić information content (AvgIpc) is 2.45. The Morgan fingerprint density at radius 1 is 1.47 bits per heavy atom. The zero-order valence-corrected chi connectivity index (χ0v) is 12.2. The van der Waals surface area contributed by atoms with E-state index >= 15 is 0 Å². The van der Waals surface area contributed by atoms with Crippen molar-refractivity contribution >= 4 is 17.7 Å². The standard InChI is InChI=1S/C15H22N2OS/c1-12-11-17(9-10-19-12)15(18)14(16)8-7-13-5-3-2-4-6-13/h2-6,12,14H,7-11,16H2,1H3. The van der Waals surface area contributed by atoms with E-state index in [2.05, 4.69) is 19.1 Å². The number of amides is 1. The first-order chi connectivity index (χ1) is 9.16. The highest BCUT2D eigenvalue weighted by molar-refractivity contribution is 7.99. The summed E-state index contributed by atoms with van der Waals surface area (Å²) in [6.07, 6.45) is 1.59. The molecule has 0 aliphatic carbocycles. The molecule has 0 spiro atoms. The maximum absolute atomic E-state index is 12.3. The number of carbonyl (C=O) groups is 1. The second-order valence-corrected chi connectivity index (χ2v) is 6.64. The molecule has 1 aliphatic heterocycles. The van der Waals surface area contributed by atoms with Crippen molar-refractivity contribution in [3.63, 3.8) is 0 Å². The Balaban J connectivity index is 1.82. The van der Waals surface area contributed by atoms with Crippen molar-refractivity contribution in [2.24, 2.45) is 5.73 Å². The minimum Gasteiger partial charge on any atom is -0.339 e.